The molecule has 1 atom stereocenters. The van der Waals surface area contributed by atoms with Crippen LogP contribution in [0.5, 0.6) is 5.75 Å². The lowest BCUT2D eigenvalue weighted by Gasteiger charge is -2.14. The first-order chi connectivity index (χ1) is 9.26. The zero-order valence-corrected chi connectivity index (χ0v) is 11.3. The molecule has 0 aliphatic carbocycles. The van der Waals surface area contributed by atoms with Gasteiger partial charge in [-0.2, -0.15) is 0 Å². The highest BCUT2D eigenvalue weighted by molar-refractivity contribution is 5.29. The van der Waals surface area contributed by atoms with Gasteiger partial charge in [-0.25, -0.2) is 5.43 Å². The minimum Gasteiger partial charge on any atom is -0.497 e. The Morgan fingerprint density at radius 2 is 2.16 bits per heavy atom. The highest BCUT2D eigenvalue weighted by atomic mass is 16.5. The second-order valence-electron chi connectivity index (χ2n) is 4.43. The Morgan fingerprint density at radius 1 is 1.32 bits per heavy atom. The Morgan fingerprint density at radius 3 is 2.79 bits per heavy atom. The van der Waals surface area contributed by atoms with E-state index in [1.54, 1.807) is 7.11 Å². The van der Waals surface area contributed by atoms with E-state index < -0.39 is 0 Å². The van der Waals surface area contributed by atoms with E-state index in [9.17, 15) is 0 Å². The molecule has 4 heteroatoms. The van der Waals surface area contributed by atoms with Crippen molar-refractivity contribution in [3.8, 4) is 5.75 Å². The molecule has 2 rings (SSSR count). The van der Waals surface area contributed by atoms with Crippen molar-refractivity contribution in [1.82, 2.24) is 5.43 Å². The molecule has 1 aromatic carbocycles. The van der Waals surface area contributed by atoms with Crippen molar-refractivity contribution < 1.29 is 9.15 Å². The van der Waals surface area contributed by atoms with Crippen molar-refractivity contribution in [3.05, 3.63) is 53.5 Å². The molecular formula is C15H20N2O2. The maximum Gasteiger partial charge on any atom is 0.122 e. The SMILES string of the molecule is CCc1ccc(C(Cc2cccc(OC)c2)NN)o1. The van der Waals surface area contributed by atoms with Gasteiger partial charge >= 0.3 is 0 Å². The molecule has 0 amide bonds. The summed E-state index contributed by atoms with van der Waals surface area (Å²) in [6.45, 7) is 2.07. The van der Waals surface area contributed by atoms with E-state index in [1.165, 1.54) is 0 Å². The second kappa shape index (κ2) is 6.41. The van der Waals surface area contributed by atoms with Crippen LogP contribution < -0.4 is 16.0 Å². The molecule has 102 valence electrons. The predicted octanol–water partition coefficient (Wildman–Crippen LogP) is 2.60. The van der Waals surface area contributed by atoms with Gasteiger partial charge in [0.2, 0.25) is 0 Å². The monoisotopic (exact) mass is 260 g/mol. The average Bonchev–Trinajstić information content (AvgIpc) is 2.93. The van der Waals surface area contributed by atoms with Crippen molar-refractivity contribution >= 4 is 0 Å². The van der Waals surface area contributed by atoms with Crippen molar-refractivity contribution in [1.29, 1.82) is 0 Å². The molecule has 0 aliphatic heterocycles. The van der Waals surface area contributed by atoms with Crippen molar-refractivity contribution in [2.45, 2.75) is 25.8 Å². The summed E-state index contributed by atoms with van der Waals surface area (Å²) in [4.78, 5) is 0. The Balaban J connectivity index is 2.13. The number of hydrazine groups is 1. The van der Waals surface area contributed by atoms with Crippen LogP contribution in [0, 0.1) is 0 Å². The molecule has 0 saturated heterocycles. The smallest absolute Gasteiger partial charge is 0.122 e. The van der Waals surface area contributed by atoms with E-state index in [1.807, 2.05) is 30.3 Å². The quantitative estimate of drug-likeness (QED) is 0.619. The van der Waals surface area contributed by atoms with E-state index in [0.717, 1.165) is 35.7 Å². The molecule has 19 heavy (non-hydrogen) atoms. The van der Waals surface area contributed by atoms with Crippen LogP contribution in [0.3, 0.4) is 0 Å². The Hall–Kier alpha value is -1.78. The molecule has 2 aromatic rings. The number of aryl methyl sites for hydroxylation is 1. The van der Waals surface area contributed by atoms with Crippen molar-refractivity contribution in [3.63, 3.8) is 0 Å². The molecule has 1 unspecified atom stereocenters. The normalized spacial score (nSPS) is 12.4. The number of nitrogens with one attached hydrogen (secondary N) is 1. The fourth-order valence-electron chi connectivity index (χ4n) is 2.05. The summed E-state index contributed by atoms with van der Waals surface area (Å²) in [7, 11) is 1.66. The lowest BCUT2D eigenvalue weighted by atomic mass is 10.0. The van der Waals surface area contributed by atoms with Crippen LogP contribution in [-0.2, 0) is 12.8 Å². The maximum absolute atomic E-state index is 5.74. The van der Waals surface area contributed by atoms with Crippen LogP contribution in [0.15, 0.2) is 40.8 Å². The van der Waals surface area contributed by atoms with Crippen LogP contribution in [-0.4, -0.2) is 7.11 Å². The first-order valence-electron chi connectivity index (χ1n) is 6.44. The van der Waals surface area contributed by atoms with Crippen LogP contribution in [0.2, 0.25) is 0 Å². The fourth-order valence-corrected chi connectivity index (χ4v) is 2.05. The number of methoxy groups -OCH3 is 1. The Labute approximate surface area is 113 Å². The van der Waals surface area contributed by atoms with Gasteiger partial charge in [-0.15, -0.1) is 0 Å². The number of furan rings is 1. The number of hydrogen-bond acceptors (Lipinski definition) is 4. The van der Waals surface area contributed by atoms with Gasteiger partial charge in [0.25, 0.3) is 0 Å². The van der Waals surface area contributed by atoms with Crippen molar-refractivity contribution in [2.24, 2.45) is 5.84 Å². The Kier molecular flexibility index (Phi) is 4.60. The molecule has 0 radical (unpaired) electrons. The molecule has 4 nitrogen and oxygen atoms in total. The van der Waals surface area contributed by atoms with Crippen LogP contribution >= 0.6 is 0 Å². The number of ether oxygens (including phenoxy) is 1. The second-order valence-corrected chi connectivity index (χ2v) is 4.43. The van der Waals surface area contributed by atoms with Crippen LogP contribution in [0.25, 0.3) is 0 Å². The average molecular weight is 260 g/mol. The first kappa shape index (κ1) is 13.6. The fraction of sp³-hybridized carbons (Fsp3) is 0.333. The van der Waals surface area contributed by atoms with Gasteiger partial charge in [0.15, 0.2) is 0 Å². The van der Waals surface area contributed by atoms with Gasteiger partial charge in [0, 0.05) is 6.42 Å². The lowest BCUT2D eigenvalue weighted by molar-refractivity contribution is 0.394. The van der Waals surface area contributed by atoms with E-state index in [4.69, 9.17) is 15.0 Å². The van der Waals surface area contributed by atoms with E-state index >= 15 is 0 Å². The van der Waals surface area contributed by atoms with Gasteiger partial charge in [-0.05, 0) is 36.2 Å². The number of hydrogen-bond donors (Lipinski definition) is 2. The number of benzene rings is 1. The highest BCUT2D eigenvalue weighted by Crippen LogP contribution is 2.22. The first-order valence-corrected chi connectivity index (χ1v) is 6.44. The molecule has 0 saturated carbocycles. The van der Waals surface area contributed by atoms with Gasteiger partial charge in [-0.3, -0.25) is 5.84 Å². The molecule has 0 aliphatic rings. The van der Waals surface area contributed by atoms with Gasteiger partial charge < -0.3 is 9.15 Å². The molecule has 0 spiro atoms. The van der Waals surface area contributed by atoms with Gasteiger partial charge in [-0.1, -0.05) is 19.1 Å². The molecule has 0 fully saturated rings. The third-order valence-electron chi connectivity index (χ3n) is 3.15. The van der Waals surface area contributed by atoms with E-state index in [-0.39, 0.29) is 6.04 Å². The molecular weight excluding hydrogens is 240 g/mol. The summed E-state index contributed by atoms with van der Waals surface area (Å²) in [6, 6.07) is 11.9. The summed E-state index contributed by atoms with van der Waals surface area (Å²) in [6.07, 6.45) is 1.64. The van der Waals surface area contributed by atoms with Gasteiger partial charge in [0.05, 0.1) is 13.2 Å². The summed E-state index contributed by atoms with van der Waals surface area (Å²) < 4.78 is 11.0. The maximum atomic E-state index is 5.74. The minimum atomic E-state index is -0.0348. The van der Waals surface area contributed by atoms with Crippen molar-refractivity contribution in [2.75, 3.05) is 7.11 Å². The summed E-state index contributed by atoms with van der Waals surface area (Å²) in [5.41, 5.74) is 3.96. The van der Waals surface area contributed by atoms with E-state index in [2.05, 4.69) is 18.4 Å². The summed E-state index contributed by atoms with van der Waals surface area (Å²) in [5.74, 6) is 8.32. The third kappa shape index (κ3) is 3.36. The number of nitrogens with two attached hydrogens (primary N) is 1. The topological polar surface area (TPSA) is 60.4 Å². The van der Waals surface area contributed by atoms with E-state index in [0.29, 0.717) is 0 Å². The summed E-state index contributed by atoms with van der Waals surface area (Å²) in [5, 5.41) is 0. The molecule has 1 heterocycles. The molecule has 0 bridgehead atoms. The highest BCUT2D eigenvalue weighted by Gasteiger charge is 2.14. The standard InChI is InChI=1S/C15H20N2O2/c1-3-12-7-8-15(19-12)14(17-16)10-11-5-4-6-13(9-11)18-2/h4-9,14,17H,3,10,16H2,1-2H3. The van der Waals surface area contributed by atoms with Crippen LogP contribution in [0.4, 0.5) is 0 Å². The largest absolute Gasteiger partial charge is 0.497 e. The minimum absolute atomic E-state index is 0.0348. The number of rotatable bonds is 6. The third-order valence-corrected chi connectivity index (χ3v) is 3.15. The van der Waals surface area contributed by atoms with Gasteiger partial charge in [0.1, 0.15) is 17.3 Å². The summed E-state index contributed by atoms with van der Waals surface area (Å²) >= 11 is 0. The Bertz CT molecular complexity index is 522. The molecule has 1 aromatic heterocycles. The van der Waals surface area contributed by atoms with Crippen LogP contribution in [0.1, 0.15) is 30.0 Å². The predicted molar refractivity (Wildman–Crippen MR) is 74.8 cm³/mol. The lowest BCUT2D eigenvalue weighted by Crippen LogP contribution is -2.29. The zero-order chi connectivity index (χ0) is 13.7. The zero-order valence-electron chi connectivity index (χ0n) is 11.3. The molecule has 3 N–H and O–H groups in total.